The Morgan fingerprint density at radius 3 is 2.91 bits per heavy atom. The summed E-state index contributed by atoms with van der Waals surface area (Å²) in [6.45, 7) is 6.20. The molecule has 3 rings (SSSR count). The van der Waals surface area contributed by atoms with Crippen molar-refractivity contribution in [2.24, 2.45) is 0 Å². The van der Waals surface area contributed by atoms with E-state index in [9.17, 15) is 0 Å². The molecule has 22 heavy (non-hydrogen) atoms. The summed E-state index contributed by atoms with van der Waals surface area (Å²) in [6, 6.07) is 4.09. The molecule has 1 aromatic carbocycles. The zero-order valence-corrected chi connectivity index (χ0v) is 13.5. The number of methoxy groups -OCH3 is 1. The van der Waals surface area contributed by atoms with E-state index < -0.39 is 0 Å². The maximum absolute atomic E-state index is 5.86. The van der Waals surface area contributed by atoms with E-state index in [0.29, 0.717) is 11.9 Å². The Balaban J connectivity index is 1.67. The molecular formula is C17H25NO4. The van der Waals surface area contributed by atoms with E-state index in [1.807, 2.05) is 6.07 Å². The summed E-state index contributed by atoms with van der Waals surface area (Å²) >= 11 is 0. The summed E-state index contributed by atoms with van der Waals surface area (Å²) in [6.07, 6.45) is 4.01. The molecule has 0 bridgehead atoms. The molecule has 0 amide bonds. The van der Waals surface area contributed by atoms with Gasteiger partial charge >= 0.3 is 0 Å². The van der Waals surface area contributed by atoms with E-state index in [1.165, 1.54) is 24.8 Å². The average molecular weight is 307 g/mol. The lowest BCUT2D eigenvalue weighted by Crippen LogP contribution is -2.35. The van der Waals surface area contributed by atoms with Gasteiger partial charge in [0.05, 0.1) is 13.2 Å². The minimum Gasteiger partial charge on any atom is -0.493 e. The molecule has 1 unspecified atom stereocenters. The van der Waals surface area contributed by atoms with Crippen LogP contribution in [0.25, 0.3) is 0 Å². The van der Waals surface area contributed by atoms with E-state index in [4.69, 9.17) is 18.9 Å². The lowest BCUT2D eigenvalue weighted by atomic mass is 10.1. The Kier molecular flexibility index (Phi) is 5.05. The summed E-state index contributed by atoms with van der Waals surface area (Å²) in [5, 5.41) is 0. The summed E-state index contributed by atoms with van der Waals surface area (Å²) < 4.78 is 22.2. The van der Waals surface area contributed by atoms with Gasteiger partial charge < -0.3 is 18.9 Å². The van der Waals surface area contributed by atoms with E-state index in [-0.39, 0.29) is 6.79 Å². The molecule has 2 aliphatic rings. The van der Waals surface area contributed by atoms with Gasteiger partial charge in [-0.05, 0) is 43.5 Å². The first kappa shape index (κ1) is 15.4. The second kappa shape index (κ2) is 7.20. The number of fused-ring (bicyclic) bond motifs is 1. The van der Waals surface area contributed by atoms with E-state index >= 15 is 0 Å². The second-order valence-corrected chi connectivity index (χ2v) is 5.85. The van der Waals surface area contributed by atoms with Gasteiger partial charge in [0.2, 0.25) is 12.5 Å². The molecule has 5 heteroatoms. The molecule has 0 N–H and O–H groups in total. The van der Waals surface area contributed by atoms with Crippen molar-refractivity contribution in [3.05, 3.63) is 17.7 Å². The van der Waals surface area contributed by atoms with Crippen molar-refractivity contribution in [3.63, 3.8) is 0 Å². The van der Waals surface area contributed by atoms with Gasteiger partial charge in [-0.15, -0.1) is 0 Å². The SMILES string of the molecule is CCN(Cc1cc(OC)c2c(c1)OCO2)CC1CCCCO1. The number of nitrogens with zero attached hydrogens (tertiary/aromatic N) is 1. The monoisotopic (exact) mass is 307 g/mol. The predicted octanol–water partition coefficient (Wildman–Crippen LogP) is 2.81. The van der Waals surface area contributed by atoms with Crippen LogP contribution in [0, 0.1) is 0 Å². The number of likely N-dealkylation sites (N-methyl/N-ethyl adjacent to an activating group) is 1. The fourth-order valence-corrected chi connectivity index (χ4v) is 3.08. The molecule has 1 saturated heterocycles. The van der Waals surface area contributed by atoms with Crippen LogP contribution in [0.3, 0.4) is 0 Å². The van der Waals surface area contributed by atoms with Crippen LogP contribution in [0.4, 0.5) is 0 Å². The highest BCUT2D eigenvalue weighted by Gasteiger charge is 2.22. The number of rotatable bonds is 6. The lowest BCUT2D eigenvalue weighted by molar-refractivity contribution is -0.00624. The van der Waals surface area contributed by atoms with Crippen LogP contribution in [0.2, 0.25) is 0 Å². The van der Waals surface area contributed by atoms with Crippen LogP contribution in [-0.2, 0) is 11.3 Å². The van der Waals surface area contributed by atoms with Gasteiger partial charge in [0.25, 0.3) is 0 Å². The second-order valence-electron chi connectivity index (χ2n) is 5.85. The molecule has 0 radical (unpaired) electrons. The molecule has 122 valence electrons. The van der Waals surface area contributed by atoms with Gasteiger partial charge in [0.1, 0.15) is 0 Å². The molecule has 2 aliphatic heterocycles. The van der Waals surface area contributed by atoms with E-state index in [2.05, 4.69) is 17.9 Å². The maximum Gasteiger partial charge on any atom is 0.231 e. The fourth-order valence-electron chi connectivity index (χ4n) is 3.08. The number of ether oxygens (including phenoxy) is 4. The van der Waals surface area contributed by atoms with Crippen molar-refractivity contribution < 1.29 is 18.9 Å². The van der Waals surface area contributed by atoms with Crippen molar-refractivity contribution in [1.29, 1.82) is 0 Å². The van der Waals surface area contributed by atoms with Gasteiger partial charge in [-0.1, -0.05) is 6.92 Å². The summed E-state index contributed by atoms with van der Waals surface area (Å²) in [7, 11) is 1.66. The van der Waals surface area contributed by atoms with Crippen molar-refractivity contribution in [2.75, 3.05) is 33.6 Å². The van der Waals surface area contributed by atoms with Crippen LogP contribution in [-0.4, -0.2) is 44.6 Å². The highest BCUT2D eigenvalue weighted by molar-refractivity contribution is 5.55. The van der Waals surface area contributed by atoms with Crippen molar-refractivity contribution in [1.82, 2.24) is 4.90 Å². The largest absolute Gasteiger partial charge is 0.493 e. The minimum atomic E-state index is 0.266. The van der Waals surface area contributed by atoms with Crippen LogP contribution in [0.5, 0.6) is 17.2 Å². The highest BCUT2D eigenvalue weighted by Crippen LogP contribution is 2.42. The zero-order chi connectivity index (χ0) is 15.4. The molecule has 0 saturated carbocycles. The van der Waals surface area contributed by atoms with Crippen molar-refractivity contribution >= 4 is 0 Å². The molecule has 0 aromatic heterocycles. The van der Waals surface area contributed by atoms with E-state index in [1.54, 1.807) is 7.11 Å². The van der Waals surface area contributed by atoms with Crippen molar-refractivity contribution in [3.8, 4) is 17.2 Å². The predicted molar refractivity (Wildman–Crippen MR) is 83.7 cm³/mol. The summed E-state index contributed by atoms with van der Waals surface area (Å²) in [5.74, 6) is 2.24. The first-order valence-electron chi connectivity index (χ1n) is 8.10. The number of hydrogen-bond donors (Lipinski definition) is 0. The number of hydrogen-bond acceptors (Lipinski definition) is 5. The van der Waals surface area contributed by atoms with Gasteiger partial charge in [-0.3, -0.25) is 4.90 Å². The topological polar surface area (TPSA) is 40.2 Å². The standard InChI is InChI=1S/C17H25NO4/c1-3-18(11-14-6-4-5-7-20-14)10-13-8-15(19-2)17-16(9-13)21-12-22-17/h8-9,14H,3-7,10-12H2,1-2H3. The molecule has 2 heterocycles. The fraction of sp³-hybridized carbons (Fsp3) is 0.647. The summed E-state index contributed by atoms with van der Waals surface area (Å²) in [5.41, 5.74) is 1.18. The van der Waals surface area contributed by atoms with Gasteiger partial charge in [0, 0.05) is 19.7 Å². The van der Waals surface area contributed by atoms with Gasteiger partial charge in [0.15, 0.2) is 11.5 Å². The van der Waals surface area contributed by atoms with Crippen LogP contribution in [0.15, 0.2) is 12.1 Å². The Labute approximate surface area is 132 Å². The maximum atomic E-state index is 5.86. The lowest BCUT2D eigenvalue weighted by Gasteiger charge is -2.29. The van der Waals surface area contributed by atoms with E-state index in [0.717, 1.165) is 37.7 Å². The third kappa shape index (κ3) is 3.47. The molecule has 0 spiro atoms. The molecule has 1 fully saturated rings. The van der Waals surface area contributed by atoms with Crippen LogP contribution >= 0.6 is 0 Å². The molecule has 1 atom stereocenters. The average Bonchev–Trinajstić information content (AvgIpc) is 3.03. The van der Waals surface area contributed by atoms with Crippen molar-refractivity contribution in [2.45, 2.75) is 38.8 Å². The van der Waals surface area contributed by atoms with Crippen LogP contribution < -0.4 is 14.2 Å². The molecule has 1 aromatic rings. The smallest absolute Gasteiger partial charge is 0.231 e. The Morgan fingerprint density at radius 2 is 2.18 bits per heavy atom. The third-order valence-electron chi connectivity index (χ3n) is 4.31. The quantitative estimate of drug-likeness (QED) is 0.808. The van der Waals surface area contributed by atoms with Gasteiger partial charge in [-0.2, -0.15) is 0 Å². The minimum absolute atomic E-state index is 0.266. The Morgan fingerprint density at radius 1 is 1.27 bits per heavy atom. The Hall–Kier alpha value is -1.46. The Bertz CT molecular complexity index is 500. The number of benzene rings is 1. The normalized spacial score (nSPS) is 20.4. The van der Waals surface area contributed by atoms with Gasteiger partial charge in [-0.25, -0.2) is 0 Å². The zero-order valence-electron chi connectivity index (χ0n) is 13.5. The highest BCUT2D eigenvalue weighted by atomic mass is 16.7. The summed E-state index contributed by atoms with van der Waals surface area (Å²) in [4.78, 5) is 2.41. The first-order chi connectivity index (χ1) is 10.8. The third-order valence-corrected chi connectivity index (χ3v) is 4.31. The molecule has 5 nitrogen and oxygen atoms in total. The van der Waals surface area contributed by atoms with Crippen LogP contribution in [0.1, 0.15) is 31.7 Å². The first-order valence-corrected chi connectivity index (χ1v) is 8.10. The molecular weight excluding hydrogens is 282 g/mol. The molecule has 0 aliphatic carbocycles.